The molecule has 9 nitrogen and oxygen atoms in total. The molecule has 0 saturated carbocycles. The first-order valence-corrected chi connectivity index (χ1v) is 12.4. The fourth-order valence-electron chi connectivity index (χ4n) is 4.17. The molecule has 5 rings (SSSR count). The zero-order valence-electron chi connectivity index (χ0n) is 18.9. The van der Waals surface area contributed by atoms with Crippen LogP contribution < -0.4 is 15.6 Å². The summed E-state index contributed by atoms with van der Waals surface area (Å²) in [6.45, 7) is 2.31. The van der Waals surface area contributed by atoms with E-state index in [0.717, 1.165) is 0 Å². The Labute approximate surface area is 214 Å². The van der Waals surface area contributed by atoms with Crippen molar-refractivity contribution in [1.29, 1.82) is 0 Å². The fraction of sp³-hybridized carbons (Fsp3) is 0.200. The molecule has 11 heteroatoms. The number of fused-ring (bicyclic) bond motifs is 1. The van der Waals surface area contributed by atoms with Gasteiger partial charge in [-0.05, 0) is 30.3 Å². The summed E-state index contributed by atoms with van der Waals surface area (Å²) in [5.74, 6) is -1.74. The third-order valence-electron chi connectivity index (χ3n) is 5.87. The Morgan fingerprint density at radius 3 is 2.61 bits per heavy atom. The number of anilines is 1. The van der Waals surface area contributed by atoms with Gasteiger partial charge in [0.05, 0.1) is 30.5 Å². The predicted molar refractivity (Wildman–Crippen MR) is 138 cm³/mol. The van der Waals surface area contributed by atoms with Gasteiger partial charge < -0.3 is 24.6 Å². The van der Waals surface area contributed by atoms with Crippen molar-refractivity contribution < 1.29 is 19.4 Å². The van der Waals surface area contributed by atoms with Gasteiger partial charge in [-0.2, -0.15) is 0 Å². The minimum Gasteiger partial charge on any atom is -0.477 e. The van der Waals surface area contributed by atoms with Gasteiger partial charge in [0.15, 0.2) is 10.6 Å². The second kappa shape index (κ2) is 10.1. The Bertz CT molecular complexity index is 1510. The zero-order chi connectivity index (χ0) is 25.2. The number of morpholine rings is 1. The van der Waals surface area contributed by atoms with E-state index in [-0.39, 0.29) is 17.8 Å². The summed E-state index contributed by atoms with van der Waals surface area (Å²) >= 11 is 7.43. The minimum absolute atomic E-state index is 0.0348. The van der Waals surface area contributed by atoms with Crippen molar-refractivity contribution >= 4 is 50.8 Å². The number of para-hydroxylation sites is 1. The number of carboxylic acids is 1. The molecule has 1 amide bonds. The zero-order valence-corrected chi connectivity index (χ0v) is 20.5. The lowest BCUT2D eigenvalue weighted by atomic mass is 10.1. The van der Waals surface area contributed by atoms with Gasteiger partial charge in [0, 0.05) is 35.7 Å². The van der Waals surface area contributed by atoms with Crippen molar-refractivity contribution in [1.82, 2.24) is 14.9 Å². The van der Waals surface area contributed by atoms with E-state index in [1.165, 1.54) is 22.1 Å². The maximum atomic E-state index is 13.4. The molecule has 4 aromatic rings. The highest BCUT2D eigenvalue weighted by atomic mass is 35.5. The molecule has 1 aliphatic rings. The number of aromatic carboxylic acids is 1. The Hall–Kier alpha value is -3.73. The highest BCUT2D eigenvalue weighted by molar-refractivity contribution is 7.17. The number of ether oxygens (including phenoxy) is 1. The van der Waals surface area contributed by atoms with E-state index in [2.05, 4.69) is 10.3 Å². The third-order valence-corrected chi connectivity index (χ3v) is 7.16. The third kappa shape index (κ3) is 4.58. The highest BCUT2D eigenvalue weighted by Crippen LogP contribution is 2.26. The summed E-state index contributed by atoms with van der Waals surface area (Å²) < 4.78 is 6.83. The number of rotatable bonds is 6. The van der Waals surface area contributed by atoms with Crippen LogP contribution in [0.1, 0.15) is 25.7 Å². The van der Waals surface area contributed by atoms with Crippen LogP contribution in [0.2, 0.25) is 5.02 Å². The highest BCUT2D eigenvalue weighted by Gasteiger charge is 2.24. The lowest BCUT2D eigenvalue weighted by Gasteiger charge is -2.25. The van der Waals surface area contributed by atoms with Gasteiger partial charge >= 0.3 is 5.97 Å². The van der Waals surface area contributed by atoms with Gasteiger partial charge in [-0.3, -0.25) is 9.59 Å². The van der Waals surface area contributed by atoms with E-state index in [1.807, 2.05) is 11.0 Å². The number of amides is 1. The van der Waals surface area contributed by atoms with Crippen molar-refractivity contribution in [3.05, 3.63) is 86.1 Å². The molecule has 0 aliphatic carbocycles. The van der Waals surface area contributed by atoms with Crippen molar-refractivity contribution in [2.45, 2.75) is 6.54 Å². The van der Waals surface area contributed by atoms with Gasteiger partial charge in [0.1, 0.15) is 10.6 Å². The number of benzene rings is 2. The summed E-state index contributed by atoms with van der Waals surface area (Å²) in [6.07, 6.45) is 1.48. The topological polar surface area (TPSA) is 114 Å². The average molecular weight is 525 g/mol. The van der Waals surface area contributed by atoms with Crippen LogP contribution in [0.5, 0.6) is 0 Å². The van der Waals surface area contributed by atoms with Gasteiger partial charge in [0.25, 0.3) is 5.91 Å². The largest absolute Gasteiger partial charge is 0.477 e. The molecular weight excluding hydrogens is 504 g/mol. The first kappa shape index (κ1) is 24.0. The number of nitrogens with one attached hydrogen (secondary N) is 1. The smallest absolute Gasteiger partial charge is 0.353 e. The monoisotopic (exact) mass is 524 g/mol. The van der Waals surface area contributed by atoms with Gasteiger partial charge in [-0.15, -0.1) is 0 Å². The molecule has 0 atom stereocenters. The molecule has 0 radical (unpaired) electrons. The molecule has 2 N–H and O–H groups in total. The summed E-state index contributed by atoms with van der Waals surface area (Å²) in [5.41, 5.74) is 0.160. The van der Waals surface area contributed by atoms with E-state index in [1.54, 1.807) is 42.5 Å². The van der Waals surface area contributed by atoms with Gasteiger partial charge in [-0.25, -0.2) is 9.78 Å². The number of carboxylic acid groups (broad SMARTS) is 1. The van der Waals surface area contributed by atoms with Crippen LogP contribution in [-0.2, 0) is 11.3 Å². The lowest BCUT2D eigenvalue weighted by Crippen LogP contribution is -2.36. The van der Waals surface area contributed by atoms with Crippen LogP contribution in [0.4, 0.5) is 5.13 Å². The molecule has 0 unspecified atom stereocenters. The van der Waals surface area contributed by atoms with Crippen molar-refractivity contribution in [2.75, 3.05) is 31.2 Å². The molecule has 0 bridgehead atoms. The molecule has 1 fully saturated rings. The fourth-order valence-corrected chi connectivity index (χ4v) is 5.22. The second-order valence-corrected chi connectivity index (χ2v) is 9.53. The Morgan fingerprint density at radius 1 is 1.14 bits per heavy atom. The number of hydrogen-bond acceptors (Lipinski definition) is 7. The average Bonchev–Trinajstić information content (AvgIpc) is 3.39. The molecule has 2 aromatic heterocycles. The van der Waals surface area contributed by atoms with Crippen LogP contribution in [0.25, 0.3) is 16.6 Å². The Morgan fingerprint density at radius 2 is 1.89 bits per heavy atom. The summed E-state index contributed by atoms with van der Waals surface area (Å²) in [5, 5.41) is 14.2. The van der Waals surface area contributed by atoms with Crippen LogP contribution >= 0.6 is 22.9 Å². The standard InChI is InChI=1S/C25H21ClN4O5S/c26-15-6-7-17-19(12-15)30(16-4-2-1-3-5-16)21(24(33)34)18(22(17)31)13-27-23(32)20-14-28-25(36-20)29-8-10-35-11-9-29/h1-7,12,14H,8-11,13H2,(H,27,32)(H,33,34). The van der Waals surface area contributed by atoms with E-state index >= 15 is 0 Å². The molecule has 36 heavy (non-hydrogen) atoms. The maximum Gasteiger partial charge on any atom is 0.353 e. The molecule has 1 aliphatic heterocycles. The number of halogens is 1. The van der Waals surface area contributed by atoms with Crippen LogP contribution in [-0.4, -0.2) is 52.8 Å². The molecule has 3 heterocycles. The van der Waals surface area contributed by atoms with E-state index in [9.17, 15) is 19.5 Å². The number of nitrogens with zero attached hydrogens (tertiary/aromatic N) is 3. The van der Waals surface area contributed by atoms with Gasteiger partial charge in [-0.1, -0.05) is 41.1 Å². The number of hydrogen-bond donors (Lipinski definition) is 2. The molecular formula is C25H21ClN4O5S. The number of aromatic nitrogens is 2. The number of thiazole rings is 1. The first-order chi connectivity index (χ1) is 17.4. The summed E-state index contributed by atoms with van der Waals surface area (Å²) in [4.78, 5) is 45.5. The quantitative estimate of drug-likeness (QED) is 0.396. The van der Waals surface area contributed by atoms with E-state index in [4.69, 9.17) is 16.3 Å². The maximum absolute atomic E-state index is 13.4. The predicted octanol–water partition coefficient (Wildman–Crippen LogP) is 3.57. The molecule has 2 aromatic carbocycles. The molecule has 184 valence electrons. The van der Waals surface area contributed by atoms with Crippen molar-refractivity contribution in [3.63, 3.8) is 0 Å². The Balaban J connectivity index is 1.53. The minimum atomic E-state index is -1.30. The van der Waals surface area contributed by atoms with Gasteiger partial charge in [0.2, 0.25) is 0 Å². The van der Waals surface area contributed by atoms with Crippen LogP contribution in [0, 0.1) is 0 Å². The number of carbonyl (C=O) groups is 2. The SMILES string of the molecule is O=C(NCc1c(C(=O)O)n(-c2ccccc2)c2cc(Cl)ccc2c1=O)c1cnc(N2CCOCC2)s1. The number of carbonyl (C=O) groups excluding carboxylic acids is 1. The first-order valence-electron chi connectivity index (χ1n) is 11.2. The van der Waals surface area contributed by atoms with E-state index in [0.29, 0.717) is 57.9 Å². The van der Waals surface area contributed by atoms with E-state index < -0.39 is 17.3 Å². The second-order valence-electron chi connectivity index (χ2n) is 8.08. The molecule has 0 spiro atoms. The summed E-state index contributed by atoms with van der Waals surface area (Å²) in [7, 11) is 0. The van der Waals surface area contributed by atoms with Crippen molar-refractivity contribution in [2.24, 2.45) is 0 Å². The normalized spacial score (nSPS) is 13.6. The lowest BCUT2D eigenvalue weighted by molar-refractivity contribution is 0.0685. The van der Waals surface area contributed by atoms with Crippen LogP contribution in [0.3, 0.4) is 0 Å². The Kier molecular flexibility index (Phi) is 6.73. The molecule has 1 saturated heterocycles. The number of pyridine rings is 1. The van der Waals surface area contributed by atoms with Crippen LogP contribution in [0.15, 0.2) is 59.5 Å². The van der Waals surface area contributed by atoms with Crippen molar-refractivity contribution in [3.8, 4) is 5.69 Å². The summed E-state index contributed by atoms with van der Waals surface area (Å²) in [6, 6.07) is 13.5.